The standard InChI is InChI=1S/C33H29IN4O5/c1-20(2)26-17-27(21(3)14-31(26)42-4)32-36-29-11-6-5-10-25(29)33(39)37(32)35-18-22-12-13-30(28(34)16-22)43-19-23-8-7-9-24(15-23)38(40)41/h5-18,20H,19H2,1-4H3. The quantitative estimate of drug-likeness (QED) is 0.0688. The Morgan fingerprint density at radius 2 is 1.84 bits per heavy atom. The fraction of sp³-hybridized carbons (Fsp3) is 0.182. The third-order valence-electron chi connectivity index (χ3n) is 6.99. The lowest BCUT2D eigenvalue weighted by molar-refractivity contribution is -0.384. The minimum absolute atomic E-state index is 0.0189. The first-order chi connectivity index (χ1) is 20.7. The molecule has 0 fully saturated rings. The summed E-state index contributed by atoms with van der Waals surface area (Å²) in [6.07, 6.45) is 1.62. The van der Waals surface area contributed by atoms with Crippen LogP contribution in [0.2, 0.25) is 0 Å². The lowest BCUT2D eigenvalue weighted by atomic mass is 9.96. The molecule has 0 unspecified atom stereocenters. The maximum absolute atomic E-state index is 13.7. The molecule has 0 radical (unpaired) electrons. The van der Waals surface area contributed by atoms with E-state index in [2.05, 4.69) is 41.5 Å². The predicted octanol–water partition coefficient (Wildman–Crippen LogP) is 7.48. The average Bonchev–Trinajstić information content (AvgIpc) is 3.00. The van der Waals surface area contributed by atoms with Crippen molar-refractivity contribution in [3.63, 3.8) is 0 Å². The van der Waals surface area contributed by atoms with Crippen molar-refractivity contribution in [2.75, 3.05) is 7.11 Å². The molecule has 0 amide bonds. The highest BCUT2D eigenvalue weighted by Gasteiger charge is 2.18. The number of benzene rings is 4. The monoisotopic (exact) mass is 688 g/mol. The van der Waals surface area contributed by atoms with Gasteiger partial charge in [-0.25, -0.2) is 4.98 Å². The highest BCUT2D eigenvalue weighted by atomic mass is 127. The van der Waals surface area contributed by atoms with Crippen molar-refractivity contribution >= 4 is 45.4 Å². The van der Waals surface area contributed by atoms with Gasteiger partial charge in [-0.1, -0.05) is 38.1 Å². The number of hydrogen-bond acceptors (Lipinski definition) is 7. The summed E-state index contributed by atoms with van der Waals surface area (Å²) in [5.41, 5.74) is 4.51. The Labute approximate surface area is 262 Å². The van der Waals surface area contributed by atoms with Crippen LogP contribution in [0.3, 0.4) is 0 Å². The molecule has 0 spiro atoms. The van der Waals surface area contributed by atoms with Crippen LogP contribution in [0.5, 0.6) is 11.5 Å². The van der Waals surface area contributed by atoms with Gasteiger partial charge < -0.3 is 9.47 Å². The fourth-order valence-electron chi connectivity index (χ4n) is 4.73. The Hall–Kier alpha value is -4.58. The van der Waals surface area contributed by atoms with Crippen molar-refractivity contribution in [1.29, 1.82) is 0 Å². The molecule has 1 aromatic heterocycles. The summed E-state index contributed by atoms with van der Waals surface area (Å²) >= 11 is 2.17. The van der Waals surface area contributed by atoms with Crippen LogP contribution in [0.1, 0.15) is 42.0 Å². The molecule has 9 nitrogen and oxygen atoms in total. The molecule has 0 aliphatic heterocycles. The molecule has 0 bridgehead atoms. The van der Waals surface area contributed by atoms with Crippen LogP contribution in [0.25, 0.3) is 22.3 Å². The van der Waals surface area contributed by atoms with Crippen LogP contribution >= 0.6 is 22.6 Å². The Morgan fingerprint density at radius 3 is 2.56 bits per heavy atom. The number of hydrogen-bond donors (Lipinski definition) is 0. The minimum atomic E-state index is -0.428. The summed E-state index contributed by atoms with van der Waals surface area (Å²) < 4.78 is 13.7. The molecule has 10 heteroatoms. The second kappa shape index (κ2) is 12.7. The molecule has 0 N–H and O–H groups in total. The van der Waals surface area contributed by atoms with Crippen molar-refractivity contribution in [2.24, 2.45) is 5.10 Å². The number of methoxy groups -OCH3 is 1. The van der Waals surface area contributed by atoms with Gasteiger partial charge in [-0.15, -0.1) is 0 Å². The van der Waals surface area contributed by atoms with Crippen LogP contribution in [0.15, 0.2) is 88.8 Å². The van der Waals surface area contributed by atoms with Gasteiger partial charge in [-0.05, 0) is 100 Å². The Kier molecular flexibility index (Phi) is 8.86. The Morgan fingerprint density at radius 1 is 1.05 bits per heavy atom. The lowest BCUT2D eigenvalue weighted by Gasteiger charge is -2.17. The van der Waals surface area contributed by atoms with E-state index in [1.54, 1.807) is 31.5 Å². The third kappa shape index (κ3) is 6.43. The number of ether oxygens (including phenoxy) is 2. The minimum Gasteiger partial charge on any atom is -0.496 e. The molecule has 0 saturated heterocycles. The summed E-state index contributed by atoms with van der Waals surface area (Å²) in [5.74, 6) is 2.05. The van der Waals surface area contributed by atoms with E-state index in [4.69, 9.17) is 14.5 Å². The number of aromatic nitrogens is 2. The second-order valence-corrected chi connectivity index (χ2v) is 11.4. The lowest BCUT2D eigenvalue weighted by Crippen LogP contribution is -2.20. The van der Waals surface area contributed by atoms with Crippen LogP contribution in [0, 0.1) is 20.6 Å². The van der Waals surface area contributed by atoms with Crippen LogP contribution in [-0.2, 0) is 6.61 Å². The van der Waals surface area contributed by atoms with Crippen molar-refractivity contribution in [3.05, 3.63) is 125 Å². The van der Waals surface area contributed by atoms with E-state index < -0.39 is 4.92 Å². The number of nitro groups is 1. The maximum Gasteiger partial charge on any atom is 0.282 e. The first-order valence-corrected chi connectivity index (χ1v) is 14.6. The number of halogens is 1. The molecule has 218 valence electrons. The van der Waals surface area contributed by atoms with Gasteiger partial charge in [0.1, 0.15) is 18.1 Å². The number of aryl methyl sites for hydroxylation is 1. The summed E-state index contributed by atoms with van der Waals surface area (Å²) in [4.78, 5) is 29.3. The fourth-order valence-corrected chi connectivity index (χ4v) is 5.43. The summed E-state index contributed by atoms with van der Waals surface area (Å²) in [6, 6.07) is 23.1. The first kappa shape index (κ1) is 29.9. The maximum atomic E-state index is 13.7. The van der Waals surface area contributed by atoms with E-state index in [0.29, 0.717) is 28.0 Å². The zero-order valence-electron chi connectivity index (χ0n) is 24.1. The number of non-ortho nitro benzene ring substituents is 1. The van der Waals surface area contributed by atoms with Gasteiger partial charge in [-0.2, -0.15) is 9.78 Å². The number of para-hydroxylation sites is 1. The Bertz CT molecular complexity index is 1930. The molecule has 43 heavy (non-hydrogen) atoms. The van der Waals surface area contributed by atoms with E-state index in [9.17, 15) is 14.9 Å². The molecular formula is C33H29IN4O5. The SMILES string of the molecule is COc1cc(C)c(-c2nc3ccccc3c(=O)n2N=Cc2ccc(OCc3cccc([N+](=O)[O-])c3)c(I)c2)cc1C(C)C. The average molecular weight is 689 g/mol. The Balaban J connectivity index is 1.51. The van der Waals surface area contributed by atoms with Gasteiger partial charge in [0.05, 0.1) is 32.7 Å². The van der Waals surface area contributed by atoms with E-state index in [0.717, 1.165) is 31.6 Å². The molecule has 5 aromatic rings. The largest absolute Gasteiger partial charge is 0.496 e. The van der Waals surface area contributed by atoms with Gasteiger partial charge >= 0.3 is 0 Å². The van der Waals surface area contributed by atoms with E-state index >= 15 is 0 Å². The first-order valence-electron chi connectivity index (χ1n) is 13.6. The number of rotatable bonds is 9. The molecular weight excluding hydrogens is 659 g/mol. The topological polar surface area (TPSA) is 109 Å². The van der Waals surface area contributed by atoms with Gasteiger partial charge in [-0.3, -0.25) is 14.9 Å². The number of nitro benzene ring substituents is 1. The summed E-state index contributed by atoms with van der Waals surface area (Å²) in [6.45, 7) is 6.34. The highest BCUT2D eigenvalue weighted by molar-refractivity contribution is 14.1. The van der Waals surface area contributed by atoms with Gasteiger partial charge in [0, 0.05) is 17.7 Å². The number of fused-ring (bicyclic) bond motifs is 1. The molecule has 0 atom stereocenters. The van der Waals surface area contributed by atoms with Crippen molar-refractivity contribution in [1.82, 2.24) is 9.66 Å². The summed E-state index contributed by atoms with van der Waals surface area (Å²) in [5, 5.41) is 16.2. The smallest absolute Gasteiger partial charge is 0.282 e. The molecule has 4 aromatic carbocycles. The molecule has 0 aliphatic carbocycles. The zero-order valence-corrected chi connectivity index (χ0v) is 26.2. The van der Waals surface area contributed by atoms with Crippen LogP contribution in [0.4, 0.5) is 5.69 Å². The second-order valence-electron chi connectivity index (χ2n) is 10.3. The molecule has 0 saturated carbocycles. The predicted molar refractivity (Wildman–Crippen MR) is 176 cm³/mol. The highest BCUT2D eigenvalue weighted by Crippen LogP contribution is 2.34. The van der Waals surface area contributed by atoms with E-state index in [1.165, 1.54) is 16.8 Å². The van der Waals surface area contributed by atoms with Crippen molar-refractivity contribution in [2.45, 2.75) is 33.3 Å². The van der Waals surface area contributed by atoms with E-state index in [1.807, 2.05) is 55.5 Å². The summed E-state index contributed by atoms with van der Waals surface area (Å²) in [7, 11) is 1.65. The molecule has 0 aliphatic rings. The van der Waals surface area contributed by atoms with E-state index in [-0.39, 0.29) is 23.8 Å². The van der Waals surface area contributed by atoms with Crippen molar-refractivity contribution < 1.29 is 14.4 Å². The molecule has 5 rings (SSSR count). The van der Waals surface area contributed by atoms with Crippen LogP contribution < -0.4 is 15.0 Å². The zero-order chi connectivity index (χ0) is 30.7. The molecule has 1 heterocycles. The van der Waals surface area contributed by atoms with Gasteiger partial charge in [0.15, 0.2) is 5.82 Å². The van der Waals surface area contributed by atoms with Gasteiger partial charge in [0.2, 0.25) is 0 Å². The van der Waals surface area contributed by atoms with Crippen molar-refractivity contribution in [3.8, 4) is 22.9 Å². The van der Waals surface area contributed by atoms with Crippen LogP contribution in [-0.4, -0.2) is 27.9 Å². The van der Waals surface area contributed by atoms with Gasteiger partial charge in [0.25, 0.3) is 11.2 Å². The normalized spacial score (nSPS) is 11.4. The number of nitrogens with zero attached hydrogens (tertiary/aromatic N) is 4. The third-order valence-corrected chi connectivity index (χ3v) is 7.83.